The smallest absolute Gasteiger partial charge is 0.345 e. The molecule has 8 heteroatoms. The third kappa shape index (κ3) is 5.42. The predicted octanol–water partition coefficient (Wildman–Crippen LogP) is 4.12. The first-order valence-corrected chi connectivity index (χ1v) is 9.43. The molecule has 0 aliphatic heterocycles. The zero-order valence-electron chi connectivity index (χ0n) is 16.0. The molecule has 0 radical (unpaired) electrons. The fourth-order valence-electron chi connectivity index (χ4n) is 2.47. The number of benzene rings is 2. The molecule has 0 bridgehead atoms. The van der Waals surface area contributed by atoms with Crippen LogP contribution < -0.4 is 14.9 Å². The number of ether oxygens (including phenoxy) is 2. The molecule has 0 aliphatic rings. The Labute approximate surface area is 178 Å². The number of pyridine rings is 1. The average molecular weight is 424 g/mol. The molecule has 0 atom stereocenters. The molecule has 0 unspecified atom stereocenters. The van der Waals surface area contributed by atoms with Crippen LogP contribution in [0.15, 0.2) is 72.1 Å². The van der Waals surface area contributed by atoms with Crippen LogP contribution in [-0.4, -0.2) is 29.7 Å². The number of halogens is 1. The molecule has 30 heavy (non-hydrogen) atoms. The summed E-state index contributed by atoms with van der Waals surface area (Å²) in [5, 5.41) is 4.24. The minimum atomic E-state index is -0.590. The van der Waals surface area contributed by atoms with E-state index in [4.69, 9.17) is 21.1 Å². The number of carbonyl (C=O) groups excluding carboxylic acids is 2. The Morgan fingerprint density at radius 2 is 1.87 bits per heavy atom. The number of hydrazone groups is 1. The highest BCUT2D eigenvalue weighted by molar-refractivity contribution is 6.33. The van der Waals surface area contributed by atoms with Crippen molar-refractivity contribution in [2.75, 3.05) is 6.61 Å². The maximum Gasteiger partial charge on any atom is 0.345 e. The standard InChI is InChI=1S/C22H18ClN3O4/c1-2-29-20-13-15(14-25-26-21(27)16-9-11-24-12-10-16)7-8-19(20)30-22(28)17-5-3-4-6-18(17)23/h3-14H,2H2,1H3,(H,26,27). The van der Waals surface area contributed by atoms with E-state index in [0.29, 0.717) is 28.5 Å². The molecule has 3 rings (SSSR count). The van der Waals surface area contributed by atoms with Crippen LogP contribution in [0, 0.1) is 0 Å². The second-order valence-electron chi connectivity index (χ2n) is 5.94. The van der Waals surface area contributed by atoms with Crippen LogP contribution in [0.3, 0.4) is 0 Å². The number of hydrogen-bond donors (Lipinski definition) is 1. The summed E-state index contributed by atoms with van der Waals surface area (Å²) >= 11 is 6.05. The first-order valence-electron chi connectivity index (χ1n) is 9.05. The van der Waals surface area contributed by atoms with Crippen LogP contribution in [0.2, 0.25) is 5.02 Å². The lowest BCUT2D eigenvalue weighted by Crippen LogP contribution is -2.17. The Morgan fingerprint density at radius 3 is 2.60 bits per heavy atom. The highest BCUT2D eigenvalue weighted by Gasteiger charge is 2.15. The van der Waals surface area contributed by atoms with Gasteiger partial charge in [-0.25, -0.2) is 10.2 Å². The van der Waals surface area contributed by atoms with Gasteiger partial charge in [0.1, 0.15) is 0 Å². The van der Waals surface area contributed by atoms with Crippen molar-refractivity contribution in [3.8, 4) is 11.5 Å². The zero-order valence-corrected chi connectivity index (χ0v) is 16.8. The molecule has 152 valence electrons. The van der Waals surface area contributed by atoms with Crippen LogP contribution in [0.25, 0.3) is 0 Å². The van der Waals surface area contributed by atoms with Crippen LogP contribution in [0.4, 0.5) is 0 Å². The van der Waals surface area contributed by atoms with Crippen LogP contribution >= 0.6 is 11.6 Å². The molecule has 0 saturated carbocycles. The van der Waals surface area contributed by atoms with E-state index in [1.54, 1.807) is 54.6 Å². The van der Waals surface area contributed by atoms with Crippen molar-refractivity contribution in [1.29, 1.82) is 0 Å². The Morgan fingerprint density at radius 1 is 1.10 bits per heavy atom. The van der Waals surface area contributed by atoms with E-state index in [1.807, 2.05) is 6.92 Å². The SMILES string of the molecule is CCOc1cc(C=NNC(=O)c2ccncc2)ccc1OC(=O)c1ccccc1Cl. The molecule has 0 fully saturated rings. The third-order valence-electron chi connectivity index (χ3n) is 3.89. The van der Waals surface area contributed by atoms with Gasteiger partial charge < -0.3 is 9.47 Å². The van der Waals surface area contributed by atoms with E-state index in [0.717, 1.165) is 0 Å². The van der Waals surface area contributed by atoms with Crippen molar-refractivity contribution in [2.24, 2.45) is 5.10 Å². The average Bonchev–Trinajstić information content (AvgIpc) is 2.76. The summed E-state index contributed by atoms with van der Waals surface area (Å²) in [5.41, 5.74) is 3.78. The quantitative estimate of drug-likeness (QED) is 0.267. The first-order chi connectivity index (χ1) is 14.6. The zero-order chi connectivity index (χ0) is 21.3. The van der Waals surface area contributed by atoms with Gasteiger partial charge in [-0.2, -0.15) is 5.10 Å². The lowest BCUT2D eigenvalue weighted by Gasteiger charge is -2.12. The van der Waals surface area contributed by atoms with E-state index in [2.05, 4.69) is 15.5 Å². The van der Waals surface area contributed by atoms with Crippen molar-refractivity contribution in [3.05, 3.63) is 88.7 Å². The van der Waals surface area contributed by atoms with Gasteiger partial charge >= 0.3 is 5.97 Å². The second-order valence-corrected chi connectivity index (χ2v) is 6.35. The maximum absolute atomic E-state index is 12.4. The van der Waals surface area contributed by atoms with Gasteiger partial charge in [-0.1, -0.05) is 23.7 Å². The molecule has 0 spiro atoms. The van der Waals surface area contributed by atoms with Gasteiger partial charge in [0, 0.05) is 18.0 Å². The fourth-order valence-corrected chi connectivity index (χ4v) is 2.69. The lowest BCUT2D eigenvalue weighted by atomic mass is 10.2. The van der Waals surface area contributed by atoms with Crippen molar-refractivity contribution >= 4 is 29.7 Å². The fraction of sp³-hybridized carbons (Fsp3) is 0.0909. The minimum absolute atomic E-state index is 0.250. The minimum Gasteiger partial charge on any atom is -0.490 e. The number of hydrogen-bond acceptors (Lipinski definition) is 6. The van der Waals surface area contributed by atoms with Gasteiger partial charge in [0.2, 0.25) is 0 Å². The molecule has 3 aromatic rings. The molecule has 1 heterocycles. The number of rotatable bonds is 7. The van der Waals surface area contributed by atoms with Crippen LogP contribution in [0.5, 0.6) is 11.5 Å². The molecular weight excluding hydrogens is 406 g/mol. The monoisotopic (exact) mass is 423 g/mol. The summed E-state index contributed by atoms with van der Waals surface area (Å²) in [6.07, 6.45) is 4.51. The summed E-state index contributed by atoms with van der Waals surface area (Å²) in [6, 6.07) is 14.7. The normalized spacial score (nSPS) is 10.6. The number of nitrogens with zero attached hydrogens (tertiary/aromatic N) is 2. The summed E-state index contributed by atoms with van der Waals surface area (Å²) in [4.78, 5) is 28.3. The first kappa shape index (κ1) is 21.0. The lowest BCUT2D eigenvalue weighted by molar-refractivity contribution is 0.0728. The Hall–Kier alpha value is -3.71. The highest BCUT2D eigenvalue weighted by atomic mass is 35.5. The second kappa shape index (κ2) is 10.2. The predicted molar refractivity (Wildman–Crippen MR) is 113 cm³/mol. The molecular formula is C22H18ClN3O4. The van der Waals surface area contributed by atoms with Gasteiger partial charge in [0.15, 0.2) is 11.5 Å². The van der Waals surface area contributed by atoms with Crippen LogP contribution in [-0.2, 0) is 0 Å². The number of esters is 1. The van der Waals surface area contributed by atoms with Crippen molar-refractivity contribution in [3.63, 3.8) is 0 Å². The van der Waals surface area contributed by atoms with Crippen molar-refractivity contribution < 1.29 is 19.1 Å². The van der Waals surface area contributed by atoms with E-state index in [9.17, 15) is 9.59 Å². The van der Waals surface area contributed by atoms with Crippen LogP contribution in [0.1, 0.15) is 33.2 Å². The molecule has 1 N–H and O–H groups in total. The molecule has 0 aliphatic carbocycles. The Kier molecular flexibility index (Phi) is 7.13. The number of carbonyl (C=O) groups is 2. The molecule has 1 amide bonds. The van der Waals surface area contributed by atoms with E-state index < -0.39 is 5.97 Å². The number of amides is 1. The van der Waals surface area contributed by atoms with Crippen molar-refractivity contribution in [1.82, 2.24) is 10.4 Å². The highest BCUT2D eigenvalue weighted by Crippen LogP contribution is 2.29. The number of nitrogens with one attached hydrogen (secondary N) is 1. The number of aromatic nitrogens is 1. The molecule has 2 aromatic carbocycles. The third-order valence-corrected chi connectivity index (χ3v) is 4.22. The molecule has 7 nitrogen and oxygen atoms in total. The molecule has 1 aromatic heterocycles. The van der Waals surface area contributed by atoms with Gasteiger partial charge in [0.25, 0.3) is 5.91 Å². The summed E-state index contributed by atoms with van der Waals surface area (Å²) in [7, 11) is 0. The van der Waals surface area contributed by atoms with E-state index in [-0.39, 0.29) is 17.2 Å². The molecule has 0 saturated heterocycles. The van der Waals surface area contributed by atoms with E-state index >= 15 is 0 Å². The summed E-state index contributed by atoms with van der Waals surface area (Å²) in [5.74, 6) is -0.335. The maximum atomic E-state index is 12.4. The Balaban J connectivity index is 1.72. The van der Waals surface area contributed by atoms with Gasteiger partial charge in [-0.15, -0.1) is 0 Å². The Bertz CT molecular complexity index is 1070. The van der Waals surface area contributed by atoms with E-state index in [1.165, 1.54) is 18.6 Å². The summed E-state index contributed by atoms with van der Waals surface area (Å²) < 4.78 is 11.0. The summed E-state index contributed by atoms with van der Waals surface area (Å²) in [6.45, 7) is 2.19. The van der Waals surface area contributed by atoms with Gasteiger partial charge in [-0.3, -0.25) is 9.78 Å². The van der Waals surface area contributed by atoms with Gasteiger partial charge in [0.05, 0.1) is 23.4 Å². The van der Waals surface area contributed by atoms with Crippen molar-refractivity contribution in [2.45, 2.75) is 6.92 Å². The van der Waals surface area contributed by atoms with Gasteiger partial charge in [-0.05, 0) is 55.0 Å². The topological polar surface area (TPSA) is 89.9 Å². The largest absolute Gasteiger partial charge is 0.490 e.